The van der Waals surface area contributed by atoms with Crippen LogP contribution < -0.4 is 15.2 Å². The second-order valence-corrected chi connectivity index (χ2v) is 12.1. The van der Waals surface area contributed by atoms with E-state index in [0.717, 1.165) is 44.7 Å². The predicted molar refractivity (Wildman–Crippen MR) is 163 cm³/mol. The summed E-state index contributed by atoms with van der Waals surface area (Å²) in [7, 11) is 0. The molecule has 4 aromatic rings. The zero-order valence-electron chi connectivity index (χ0n) is 23.8. The fourth-order valence-corrected chi connectivity index (χ4v) is 7.16. The van der Waals surface area contributed by atoms with E-state index < -0.39 is 23.3 Å². The van der Waals surface area contributed by atoms with Crippen molar-refractivity contribution in [3.63, 3.8) is 0 Å². The molecule has 0 saturated carbocycles. The first-order valence-corrected chi connectivity index (χ1v) is 15.2. The molecule has 2 aromatic carbocycles. The number of hydrogen-bond donors (Lipinski definition) is 2. The Morgan fingerprint density at radius 3 is 2.86 bits per heavy atom. The summed E-state index contributed by atoms with van der Waals surface area (Å²) >= 11 is 6.35. The molecule has 0 aliphatic carbocycles. The highest BCUT2D eigenvalue weighted by molar-refractivity contribution is 6.37. The highest BCUT2D eigenvalue weighted by Gasteiger charge is 2.49. The lowest BCUT2D eigenvalue weighted by atomic mass is 9.95. The van der Waals surface area contributed by atoms with Crippen molar-refractivity contribution in [3.05, 3.63) is 46.6 Å². The highest BCUT2D eigenvalue weighted by atomic mass is 35.5. The van der Waals surface area contributed by atoms with Gasteiger partial charge in [-0.05, 0) is 50.4 Å². The third-order valence-corrected chi connectivity index (χ3v) is 9.45. The monoisotopic (exact) mass is 622 g/mol. The van der Waals surface area contributed by atoms with Crippen LogP contribution in [0.2, 0.25) is 5.02 Å². The van der Waals surface area contributed by atoms with Crippen LogP contribution in [0.4, 0.5) is 19.0 Å². The van der Waals surface area contributed by atoms with Crippen LogP contribution >= 0.6 is 11.6 Å². The lowest BCUT2D eigenvalue weighted by Crippen LogP contribution is -2.43. The molecule has 228 valence electrons. The molecule has 0 radical (unpaired) electrons. The Morgan fingerprint density at radius 1 is 1.16 bits per heavy atom. The second kappa shape index (κ2) is 11.3. The average molecular weight is 623 g/mol. The zero-order chi connectivity index (χ0) is 30.6. The zero-order valence-corrected chi connectivity index (χ0v) is 24.6. The molecule has 3 aliphatic rings. The number of nitrogens with zero attached hydrogens (tertiary/aromatic N) is 5. The van der Waals surface area contributed by atoms with Crippen LogP contribution in [0.25, 0.3) is 32.9 Å². The van der Waals surface area contributed by atoms with E-state index in [0.29, 0.717) is 37.3 Å². The standard InChI is InChI=1S/C32H30ClF3N6O2/c1-2-19-23(35)8-7-20-25(19)21(13-24(43)26(20)33)28-27(36)29-22(15-37-28)30(42-12-5-3-4-10-38-42)40-31(39-29)44-17-32-9-6-11-41(32)16-18(34)14-32/h1,7-8,13,15,18,38,43H,3-6,9-12,14,16-17H2/t18-,32+/m1/s1. The van der Waals surface area contributed by atoms with Crippen molar-refractivity contribution in [2.45, 2.75) is 50.2 Å². The molecule has 2 N–H and O–H groups in total. The van der Waals surface area contributed by atoms with Crippen molar-refractivity contribution >= 4 is 39.1 Å². The highest BCUT2D eigenvalue weighted by Crippen LogP contribution is 2.43. The van der Waals surface area contributed by atoms with Crippen LogP contribution in [0, 0.1) is 24.0 Å². The molecule has 7 rings (SSSR count). The maximum absolute atomic E-state index is 16.7. The average Bonchev–Trinajstić information content (AvgIpc) is 3.39. The molecule has 0 bridgehead atoms. The van der Waals surface area contributed by atoms with Gasteiger partial charge >= 0.3 is 6.01 Å². The summed E-state index contributed by atoms with van der Waals surface area (Å²) in [5.41, 5.74) is 2.55. The van der Waals surface area contributed by atoms with Crippen molar-refractivity contribution in [2.75, 3.05) is 37.8 Å². The van der Waals surface area contributed by atoms with Gasteiger partial charge in [0.05, 0.1) is 21.5 Å². The minimum Gasteiger partial charge on any atom is -0.506 e. The van der Waals surface area contributed by atoms with Crippen molar-refractivity contribution in [2.24, 2.45) is 0 Å². The Hall–Kier alpha value is -3.85. The van der Waals surface area contributed by atoms with E-state index in [1.54, 1.807) is 0 Å². The number of phenols is 1. The molecule has 3 saturated heterocycles. The molecule has 8 nitrogen and oxygen atoms in total. The van der Waals surface area contributed by atoms with Crippen molar-refractivity contribution in [3.8, 4) is 35.4 Å². The van der Waals surface area contributed by atoms with Gasteiger partial charge in [0, 0.05) is 48.6 Å². The first kappa shape index (κ1) is 28.9. The Labute approximate surface area is 257 Å². The molecule has 2 aromatic heterocycles. The third-order valence-electron chi connectivity index (χ3n) is 9.06. The number of terminal acetylenes is 1. The summed E-state index contributed by atoms with van der Waals surface area (Å²) in [6.45, 7) is 2.68. The summed E-state index contributed by atoms with van der Waals surface area (Å²) in [5, 5.41) is 13.2. The first-order valence-electron chi connectivity index (χ1n) is 14.8. The summed E-state index contributed by atoms with van der Waals surface area (Å²) in [6, 6.07) is 3.70. The Bertz CT molecular complexity index is 1830. The number of ether oxygens (including phenoxy) is 1. The number of aromatic nitrogens is 3. The molecular formula is C32H30ClF3N6O2. The molecule has 2 atom stereocenters. The van der Waals surface area contributed by atoms with Crippen LogP contribution in [-0.4, -0.2) is 69.5 Å². The van der Waals surface area contributed by atoms with Gasteiger partial charge in [0.2, 0.25) is 0 Å². The fourth-order valence-electron chi connectivity index (χ4n) is 6.95. The molecular weight excluding hydrogens is 593 g/mol. The summed E-state index contributed by atoms with van der Waals surface area (Å²) < 4.78 is 52.1. The van der Waals surface area contributed by atoms with E-state index in [4.69, 9.17) is 27.7 Å². The van der Waals surface area contributed by atoms with E-state index in [-0.39, 0.29) is 56.5 Å². The lowest BCUT2D eigenvalue weighted by molar-refractivity contribution is 0.107. The molecule has 5 heterocycles. The number of anilines is 1. The largest absolute Gasteiger partial charge is 0.506 e. The van der Waals surface area contributed by atoms with Gasteiger partial charge in [-0.3, -0.25) is 14.9 Å². The van der Waals surface area contributed by atoms with Crippen LogP contribution in [0.3, 0.4) is 0 Å². The van der Waals surface area contributed by atoms with Gasteiger partial charge in [-0.1, -0.05) is 23.9 Å². The van der Waals surface area contributed by atoms with Crippen LogP contribution in [0.1, 0.15) is 44.1 Å². The normalized spacial score (nSPS) is 22.3. The molecule has 12 heteroatoms. The van der Waals surface area contributed by atoms with E-state index in [9.17, 15) is 13.9 Å². The number of fused-ring (bicyclic) bond motifs is 3. The number of rotatable bonds is 5. The molecule has 0 amide bonds. The summed E-state index contributed by atoms with van der Waals surface area (Å²) in [5.74, 6) is 0.868. The summed E-state index contributed by atoms with van der Waals surface area (Å²) in [4.78, 5) is 15.7. The number of hydrazine groups is 1. The van der Waals surface area contributed by atoms with Gasteiger partial charge in [0.1, 0.15) is 35.6 Å². The number of benzene rings is 2. The Balaban J connectivity index is 1.39. The van der Waals surface area contributed by atoms with Gasteiger partial charge in [-0.15, -0.1) is 6.42 Å². The molecule has 3 aliphatic heterocycles. The minimum atomic E-state index is -0.928. The van der Waals surface area contributed by atoms with Gasteiger partial charge in [0.15, 0.2) is 11.6 Å². The summed E-state index contributed by atoms with van der Waals surface area (Å²) in [6.07, 6.45) is 11.2. The van der Waals surface area contributed by atoms with E-state index in [1.807, 2.05) is 5.01 Å². The number of pyridine rings is 1. The maximum atomic E-state index is 16.7. The van der Waals surface area contributed by atoms with Crippen LogP contribution in [-0.2, 0) is 0 Å². The lowest BCUT2D eigenvalue weighted by Gasteiger charge is -2.31. The topological polar surface area (TPSA) is 86.6 Å². The quantitative estimate of drug-likeness (QED) is 0.266. The van der Waals surface area contributed by atoms with Gasteiger partial charge < -0.3 is 9.84 Å². The Kier molecular flexibility index (Phi) is 7.39. The number of alkyl halides is 1. The van der Waals surface area contributed by atoms with Crippen molar-refractivity contribution in [1.29, 1.82) is 0 Å². The molecule has 0 spiro atoms. The number of aromatic hydroxyl groups is 1. The smallest absolute Gasteiger partial charge is 0.319 e. The molecule has 3 fully saturated rings. The minimum absolute atomic E-state index is 0.0442. The van der Waals surface area contributed by atoms with Gasteiger partial charge in [0.25, 0.3) is 0 Å². The van der Waals surface area contributed by atoms with Crippen LogP contribution in [0.5, 0.6) is 11.8 Å². The second-order valence-electron chi connectivity index (χ2n) is 11.7. The SMILES string of the molecule is C#Cc1c(F)ccc2c(Cl)c(O)cc(-c3ncc4c(N5CCCCCN5)nc(OC[C@@]56CCCN5C[C@H](F)C6)nc4c3F)c12. The number of hydrogen-bond acceptors (Lipinski definition) is 8. The van der Waals surface area contributed by atoms with Gasteiger partial charge in [-0.2, -0.15) is 9.97 Å². The van der Waals surface area contributed by atoms with Crippen molar-refractivity contribution < 1.29 is 23.0 Å². The van der Waals surface area contributed by atoms with Crippen LogP contribution in [0.15, 0.2) is 24.4 Å². The predicted octanol–water partition coefficient (Wildman–Crippen LogP) is 5.91. The molecule has 0 unspecified atom stereocenters. The maximum Gasteiger partial charge on any atom is 0.319 e. The first-order chi connectivity index (χ1) is 21.3. The van der Waals surface area contributed by atoms with E-state index >= 15 is 4.39 Å². The van der Waals surface area contributed by atoms with Crippen molar-refractivity contribution in [1.82, 2.24) is 25.3 Å². The number of nitrogens with one attached hydrogen (secondary N) is 1. The number of phenolic OH excluding ortho intramolecular Hbond substituents is 1. The van der Waals surface area contributed by atoms with E-state index in [1.165, 1.54) is 18.3 Å². The molecule has 44 heavy (non-hydrogen) atoms. The third kappa shape index (κ3) is 4.76. The fraction of sp³-hybridized carbons (Fsp3) is 0.406. The Morgan fingerprint density at radius 2 is 2.02 bits per heavy atom. The van der Waals surface area contributed by atoms with E-state index in [2.05, 4.69) is 26.2 Å². The number of halogens is 4. The van der Waals surface area contributed by atoms with Gasteiger partial charge in [-0.25, -0.2) is 18.6 Å².